The molecule has 2 aromatic carbocycles. The molecule has 0 atom stereocenters. The van der Waals surface area contributed by atoms with Crippen LogP contribution in [0.3, 0.4) is 0 Å². The summed E-state index contributed by atoms with van der Waals surface area (Å²) in [6, 6.07) is 13.2. The van der Waals surface area contributed by atoms with E-state index in [-0.39, 0.29) is 18.0 Å². The molecule has 10 heteroatoms. The smallest absolute Gasteiger partial charge is 0.410 e. The topological polar surface area (TPSA) is 114 Å². The molecule has 9 nitrogen and oxygen atoms in total. The van der Waals surface area contributed by atoms with Crippen molar-refractivity contribution < 1.29 is 27.5 Å². The van der Waals surface area contributed by atoms with Crippen molar-refractivity contribution in [1.29, 1.82) is 0 Å². The van der Waals surface area contributed by atoms with Crippen LogP contribution in [-0.2, 0) is 45.3 Å². The van der Waals surface area contributed by atoms with Crippen LogP contribution in [0, 0.1) is 0 Å². The Morgan fingerprint density at radius 1 is 0.854 bits per heavy atom. The van der Waals surface area contributed by atoms with Gasteiger partial charge in [-0.3, -0.25) is 0 Å². The summed E-state index contributed by atoms with van der Waals surface area (Å²) >= 11 is 0. The van der Waals surface area contributed by atoms with Crippen molar-refractivity contribution in [3.63, 3.8) is 0 Å². The molecule has 0 bridgehead atoms. The fourth-order valence-corrected chi connectivity index (χ4v) is 5.59. The number of carbonyl (C=O) groups is 2. The third kappa shape index (κ3) is 11.0. The van der Waals surface area contributed by atoms with Gasteiger partial charge in [0.1, 0.15) is 11.2 Å². The van der Waals surface area contributed by atoms with Gasteiger partial charge in [-0.15, -0.1) is 0 Å². The summed E-state index contributed by atoms with van der Waals surface area (Å²) in [5.41, 5.74) is 3.14. The van der Waals surface area contributed by atoms with Crippen LogP contribution >= 0.6 is 0 Å². The van der Waals surface area contributed by atoms with Gasteiger partial charge in [-0.25, -0.2) is 22.7 Å². The van der Waals surface area contributed by atoms with Gasteiger partial charge in [-0.2, -0.15) is 0 Å². The van der Waals surface area contributed by atoms with Gasteiger partial charge in [-0.1, -0.05) is 30.3 Å². The van der Waals surface area contributed by atoms with E-state index in [2.05, 4.69) is 10.0 Å². The van der Waals surface area contributed by atoms with Crippen LogP contribution in [0.2, 0.25) is 0 Å². The molecule has 3 rings (SSSR count). The maximum Gasteiger partial charge on any atom is 0.410 e. The van der Waals surface area contributed by atoms with Gasteiger partial charge in [0.05, 0.1) is 4.90 Å². The van der Waals surface area contributed by atoms with Crippen LogP contribution in [0.15, 0.2) is 47.4 Å². The first-order valence-electron chi connectivity index (χ1n) is 14.3. The predicted octanol–water partition coefficient (Wildman–Crippen LogP) is 5.35. The molecule has 0 fully saturated rings. The van der Waals surface area contributed by atoms with Crippen LogP contribution in [-0.4, -0.2) is 56.3 Å². The lowest BCUT2D eigenvalue weighted by atomic mass is 10.1. The van der Waals surface area contributed by atoms with E-state index in [9.17, 15) is 18.0 Å². The fraction of sp³-hybridized carbons (Fsp3) is 0.548. The lowest BCUT2D eigenvalue weighted by molar-refractivity contribution is 0.0251. The highest BCUT2D eigenvalue weighted by atomic mass is 32.2. The lowest BCUT2D eigenvalue weighted by Gasteiger charge is -2.27. The van der Waals surface area contributed by atoms with Crippen molar-refractivity contribution in [1.82, 2.24) is 14.9 Å². The average molecular weight is 588 g/mol. The second kappa shape index (κ2) is 13.7. The van der Waals surface area contributed by atoms with Crippen LogP contribution in [0.5, 0.6) is 0 Å². The van der Waals surface area contributed by atoms with Gasteiger partial charge in [0.25, 0.3) is 0 Å². The van der Waals surface area contributed by atoms with Crippen molar-refractivity contribution in [2.75, 3.05) is 19.6 Å². The lowest BCUT2D eigenvalue weighted by Crippen LogP contribution is -2.42. The fourth-order valence-electron chi connectivity index (χ4n) is 4.52. The number of alkyl carbamates (subject to hydrolysis) is 1. The molecule has 2 N–H and O–H groups in total. The Balaban J connectivity index is 1.52. The van der Waals surface area contributed by atoms with Gasteiger partial charge in [0.15, 0.2) is 0 Å². The molecular weight excluding hydrogens is 542 g/mol. The number of rotatable bonds is 11. The number of hydrogen-bond donors (Lipinski definition) is 2. The van der Waals surface area contributed by atoms with Crippen molar-refractivity contribution in [2.24, 2.45) is 0 Å². The van der Waals surface area contributed by atoms with E-state index < -0.39 is 33.4 Å². The van der Waals surface area contributed by atoms with E-state index in [0.29, 0.717) is 19.5 Å². The maximum absolute atomic E-state index is 12.9. The quantitative estimate of drug-likeness (QED) is 0.367. The normalized spacial score (nSPS) is 13.4. The summed E-state index contributed by atoms with van der Waals surface area (Å²) in [6.45, 7) is 11.9. The Labute approximate surface area is 245 Å². The van der Waals surface area contributed by atoms with E-state index in [4.69, 9.17) is 9.47 Å². The zero-order valence-corrected chi connectivity index (χ0v) is 26.0. The average Bonchev–Trinajstić information content (AvgIpc) is 3.33. The highest BCUT2D eigenvalue weighted by Gasteiger charge is 2.23. The molecule has 2 amide bonds. The first-order valence-corrected chi connectivity index (χ1v) is 15.7. The zero-order valence-electron chi connectivity index (χ0n) is 25.2. The number of carbonyl (C=O) groups excluding carboxylic acids is 2. The molecule has 1 aliphatic rings. The Morgan fingerprint density at radius 3 is 2.15 bits per heavy atom. The molecule has 2 aromatic rings. The molecule has 226 valence electrons. The van der Waals surface area contributed by atoms with Crippen molar-refractivity contribution in [3.05, 3.63) is 64.7 Å². The summed E-state index contributed by atoms with van der Waals surface area (Å²) in [4.78, 5) is 26.6. The summed E-state index contributed by atoms with van der Waals surface area (Å²) in [7, 11) is -3.69. The van der Waals surface area contributed by atoms with Crippen molar-refractivity contribution in [2.45, 2.75) is 96.3 Å². The number of aryl methyl sites for hydroxylation is 3. The van der Waals surface area contributed by atoms with Crippen molar-refractivity contribution in [3.8, 4) is 0 Å². The highest BCUT2D eigenvalue weighted by molar-refractivity contribution is 7.89. The van der Waals surface area contributed by atoms with Gasteiger partial charge in [0, 0.05) is 26.2 Å². The summed E-state index contributed by atoms with van der Waals surface area (Å²) in [5, 5.41) is 2.75. The minimum absolute atomic E-state index is 0.0814. The molecule has 0 spiro atoms. The summed E-state index contributed by atoms with van der Waals surface area (Å²) in [5.74, 6) is 0. The van der Waals surface area contributed by atoms with Gasteiger partial charge < -0.3 is 19.7 Å². The zero-order chi connectivity index (χ0) is 30.3. The van der Waals surface area contributed by atoms with Crippen LogP contribution < -0.4 is 10.0 Å². The van der Waals surface area contributed by atoms with E-state index >= 15 is 0 Å². The van der Waals surface area contributed by atoms with E-state index in [1.54, 1.807) is 37.8 Å². The number of benzene rings is 2. The molecule has 0 saturated heterocycles. The Hall–Kier alpha value is -3.11. The minimum atomic E-state index is -3.69. The number of nitrogens with zero attached hydrogens (tertiary/aromatic N) is 1. The number of hydrogen-bond acceptors (Lipinski definition) is 6. The molecule has 0 aliphatic heterocycles. The predicted molar refractivity (Wildman–Crippen MR) is 159 cm³/mol. The monoisotopic (exact) mass is 587 g/mol. The van der Waals surface area contributed by atoms with Crippen molar-refractivity contribution >= 4 is 22.2 Å². The third-order valence-electron chi connectivity index (χ3n) is 6.46. The molecular formula is C31H45N3O6S. The SMILES string of the molecule is CC(C)(C)OC(=O)NCc1ccc(CCCN(CCNS(=O)(=O)c2ccc3c(c2)CCC3)C(=O)OC(C)(C)C)cc1. The number of nitrogens with one attached hydrogen (secondary N) is 2. The molecule has 0 aromatic heterocycles. The van der Waals surface area contributed by atoms with E-state index in [1.165, 1.54) is 5.56 Å². The van der Waals surface area contributed by atoms with Crippen LogP contribution in [0.1, 0.15) is 76.6 Å². The number of sulfonamides is 1. The summed E-state index contributed by atoms with van der Waals surface area (Å²) in [6.07, 6.45) is 3.40. The molecule has 0 saturated carbocycles. The largest absolute Gasteiger partial charge is 0.444 e. The number of fused-ring (bicyclic) bond motifs is 1. The Kier molecular flexibility index (Phi) is 10.8. The second-order valence-corrected chi connectivity index (χ2v) is 14.2. The summed E-state index contributed by atoms with van der Waals surface area (Å²) < 4.78 is 39.3. The molecule has 0 radical (unpaired) electrons. The number of amides is 2. The third-order valence-corrected chi connectivity index (χ3v) is 7.92. The van der Waals surface area contributed by atoms with E-state index in [1.807, 2.05) is 51.1 Å². The Bertz CT molecular complexity index is 1290. The molecule has 41 heavy (non-hydrogen) atoms. The first-order chi connectivity index (χ1) is 19.1. The first kappa shape index (κ1) is 32.4. The van der Waals surface area contributed by atoms with Crippen LogP contribution in [0.25, 0.3) is 0 Å². The molecule has 0 unspecified atom stereocenters. The van der Waals surface area contributed by atoms with E-state index in [0.717, 1.165) is 42.4 Å². The van der Waals surface area contributed by atoms with Gasteiger partial charge >= 0.3 is 12.2 Å². The Morgan fingerprint density at radius 2 is 1.49 bits per heavy atom. The van der Waals surface area contributed by atoms with Gasteiger partial charge in [0.2, 0.25) is 10.0 Å². The minimum Gasteiger partial charge on any atom is -0.444 e. The number of ether oxygens (including phenoxy) is 2. The maximum atomic E-state index is 12.9. The standard InChI is InChI=1S/C31H45N3O6S/c1-30(2,3)39-28(35)32-22-24-14-12-23(13-15-24)9-8-19-34(29(36)40-31(4,5)6)20-18-33-41(37,38)27-17-16-25-10-7-11-26(25)21-27/h12-17,21,33H,7-11,18-20,22H2,1-6H3,(H,32,35). The van der Waals surface area contributed by atoms with Crippen LogP contribution in [0.4, 0.5) is 9.59 Å². The molecule has 0 heterocycles. The second-order valence-electron chi connectivity index (χ2n) is 12.4. The van der Waals surface area contributed by atoms with Gasteiger partial charge in [-0.05, 0) is 108 Å². The highest BCUT2D eigenvalue weighted by Crippen LogP contribution is 2.24. The molecule has 1 aliphatic carbocycles.